The van der Waals surface area contributed by atoms with Crippen molar-refractivity contribution >= 4 is 22.6 Å². The zero-order valence-corrected chi connectivity index (χ0v) is 10.6. The van der Waals surface area contributed by atoms with Gasteiger partial charge in [0.1, 0.15) is 11.3 Å². The molecular formula is C12H11ClF3NO2. The highest BCUT2D eigenvalue weighted by Crippen LogP contribution is 2.43. The van der Waals surface area contributed by atoms with Crippen molar-refractivity contribution in [3.05, 3.63) is 35.0 Å². The highest BCUT2D eigenvalue weighted by atomic mass is 35.5. The molecule has 3 N–H and O–H groups in total. The standard InChI is InChI=1S/C12H11ClF3NO2/c1-6(17)11(18,12(14,15)16)10-5-7-4-8(13)2-3-9(7)19-10/h2-6,18H,17H2,1H3. The van der Waals surface area contributed by atoms with E-state index in [0.29, 0.717) is 10.4 Å². The lowest BCUT2D eigenvalue weighted by Gasteiger charge is -2.31. The van der Waals surface area contributed by atoms with Gasteiger partial charge in [0.05, 0.1) is 0 Å². The molecule has 1 aromatic carbocycles. The lowest BCUT2D eigenvalue weighted by Crippen LogP contribution is -2.54. The molecule has 0 saturated heterocycles. The van der Waals surface area contributed by atoms with E-state index in [2.05, 4.69) is 0 Å². The van der Waals surface area contributed by atoms with Crippen molar-refractivity contribution in [2.75, 3.05) is 0 Å². The average molecular weight is 294 g/mol. The Morgan fingerprint density at radius 1 is 1.32 bits per heavy atom. The van der Waals surface area contributed by atoms with Crippen LogP contribution in [0, 0.1) is 0 Å². The number of rotatable bonds is 2. The molecular weight excluding hydrogens is 283 g/mol. The third-order valence-corrected chi connectivity index (χ3v) is 3.18. The van der Waals surface area contributed by atoms with Gasteiger partial charge in [0, 0.05) is 16.5 Å². The molecule has 104 valence electrons. The first kappa shape index (κ1) is 14.2. The largest absolute Gasteiger partial charge is 0.458 e. The maximum Gasteiger partial charge on any atom is 0.426 e. The molecule has 2 unspecified atom stereocenters. The number of alkyl halides is 3. The van der Waals surface area contributed by atoms with E-state index in [0.717, 1.165) is 13.0 Å². The molecule has 0 fully saturated rings. The fourth-order valence-electron chi connectivity index (χ4n) is 1.82. The van der Waals surface area contributed by atoms with Crippen molar-refractivity contribution in [1.82, 2.24) is 0 Å². The second-order valence-electron chi connectivity index (χ2n) is 4.35. The first-order valence-corrected chi connectivity index (χ1v) is 5.78. The molecule has 0 aliphatic rings. The number of fused-ring (bicyclic) bond motifs is 1. The molecule has 0 aliphatic heterocycles. The number of halogens is 4. The topological polar surface area (TPSA) is 59.4 Å². The average Bonchev–Trinajstić information content (AvgIpc) is 2.68. The molecule has 0 aliphatic carbocycles. The van der Waals surface area contributed by atoms with Crippen LogP contribution in [0.1, 0.15) is 12.7 Å². The van der Waals surface area contributed by atoms with Crippen LogP contribution in [0.5, 0.6) is 0 Å². The van der Waals surface area contributed by atoms with Crippen LogP contribution in [0.3, 0.4) is 0 Å². The van der Waals surface area contributed by atoms with Gasteiger partial charge in [0.15, 0.2) is 0 Å². The second-order valence-corrected chi connectivity index (χ2v) is 4.78. The molecule has 1 heterocycles. The monoisotopic (exact) mass is 293 g/mol. The third-order valence-electron chi connectivity index (χ3n) is 2.95. The fraction of sp³-hybridized carbons (Fsp3) is 0.333. The van der Waals surface area contributed by atoms with Gasteiger partial charge in [-0.2, -0.15) is 13.2 Å². The smallest absolute Gasteiger partial charge is 0.426 e. The Hall–Kier alpha value is -1.24. The van der Waals surface area contributed by atoms with Crippen molar-refractivity contribution in [3.63, 3.8) is 0 Å². The molecule has 0 radical (unpaired) electrons. The molecule has 0 bridgehead atoms. The lowest BCUT2D eigenvalue weighted by molar-refractivity contribution is -0.278. The first-order valence-electron chi connectivity index (χ1n) is 5.40. The predicted octanol–water partition coefficient (Wildman–Crippen LogP) is 3.18. The molecule has 2 atom stereocenters. The number of nitrogens with two attached hydrogens (primary N) is 1. The predicted molar refractivity (Wildman–Crippen MR) is 64.8 cm³/mol. The molecule has 19 heavy (non-hydrogen) atoms. The highest BCUT2D eigenvalue weighted by Gasteiger charge is 2.59. The van der Waals surface area contributed by atoms with Crippen molar-refractivity contribution in [2.45, 2.75) is 24.7 Å². The molecule has 0 spiro atoms. The zero-order valence-electron chi connectivity index (χ0n) is 9.83. The molecule has 3 nitrogen and oxygen atoms in total. The Kier molecular flexibility index (Phi) is 3.28. The number of hydrogen-bond donors (Lipinski definition) is 2. The summed E-state index contributed by atoms with van der Waals surface area (Å²) in [6.07, 6.45) is -4.95. The van der Waals surface area contributed by atoms with Crippen molar-refractivity contribution in [2.24, 2.45) is 5.73 Å². The maximum atomic E-state index is 13.0. The van der Waals surface area contributed by atoms with Crippen molar-refractivity contribution in [3.8, 4) is 0 Å². The van der Waals surface area contributed by atoms with Gasteiger partial charge in [-0.25, -0.2) is 0 Å². The summed E-state index contributed by atoms with van der Waals surface area (Å²) in [7, 11) is 0. The van der Waals surface area contributed by atoms with E-state index >= 15 is 0 Å². The Bertz CT molecular complexity index is 609. The molecule has 2 aromatic rings. The van der Waals surface area contributed by atoms with Crippen molar-refractivity contribution in [1.29, 1.82) is 0 Å². The summed E-state index contributed by atoms with van der Waals surface area (Å²) in [6, 6.07) is 3.87. The van der Waals surface area contributed by atoms with Crippen LogP contribution in [-0.4, -0.2) is 17.3 Å². The summed E-state index contributed by atoms with van der Waals surface area (Å²) in [5.74, 6) is -0.646. The van der Waals surface area contributed by atoms with Gasteiger partial charge >= 0.3 is 6.18 Å². The van der Waals surface area contributed by atoms with Gasteiger partial charge in [0.25, 0.3) is 0 Å². The number of furan rings is 1. The second kappa shape index (κ2) is 4.40. The Labute approximate surface area is 111 Å². The molecule has 2 rings (SSSR count). The summed E-state index contributed by atoms with van der Waals surface area (Å²) < 4.78 is 44.2. The summed E-state index contributed by atoms with van der Waals surface area (Å²) in [5, 5.41) is 10.6. The summed E-state index contributed by atoms with van der Waals surface area (Å²) in [6.45, 7) is 1.06. The van der Waals surface area contributed by atoms with E-state index in [1.165, 1.54) is 18.2 Å². The van der Waals surface area contributed by atoms with Crippen LogP contribution in [0.4, 0.5) is 13.2 Å². The minimum absolute atomic E-state index is 0.197. The summed E-state index contributed by atoms with van der Waals surface area (Å²) in [5.41, 5.74) is 2.24. The summed E-state index contributed by atoms with van der Waals surface area (Å²) >= 11 is 5.74. The highest BCUT2D eigenvalue weighted by molar-refractivity contribution is 6.31. The van der Waals surface area contributed by atoms with Gasteiger partial charge in [-0.1, -0.05) is 11.6 Å². The van der Waals surface area contributed by atoms with E-state index in [-0.39, 0.29) is 5.58 Å². The summed E-state index contributed by atoms with van der Waals surface area (Å²) in [4.78, 5) is 0. The SMILES string of the molecule is CC(N)C(O)(c1cc2cc(Cl)ccc2o1)C(F)(F)F. The van der Waals surface area contributed by atoms with Gasteiger partial charge < -0.3 is 15.3 Å². The Morgan fingerprint density at radius 2 is 1.95 bits per heavy atom. The van der Waals surface area contributed by atoms with E-state index in [1.54, 1.807) is 0 Å². The van der Waals surface area contributed by atoms with Crippen LogP contribution >= 0.6 is 11.6 Å². The zero-order chi connectivity index (χ0) is 14.4. The maximum absolute atomic E-state index is 13.0. The van der Waals surface area contributed by atoms with Gasteiger partial charge in [-0.3, -0.25) is 0 Å². The van der Waals surface area contributed by atoms with Crippen LogP contribution < -0.4 is 5.73 Å². The van der Waals surface area contributed by atoms with E-state index in [4.69, 9.17) is 21.8 Å². The van der Waals surface area contributed by atoms with Crippen LogP contribution in [0.25, 0.3) is 11.0 Å². The Balaban J connectivity index is 2.64. The quantitative estimate of drug-likeness (QED) is 0.894. The van der Waals surface area contributed by atoms with Crippen LogP contribution in [-0.2, 0) is 5.60 Å². The fourth-order valence-corrected chi connectivity index (χ4v) is 2.00. The van der Waals surface area contributed by atoms with Gasteiger partial charge in [0.2, 0.25) is 5.60 Å². The third kappa shape index (κ3) is 2.20. The van der Waals surface area contributed by atoms with E-state index in [1.807, 2.05) is 0 Å². The van der Waals surface area contributed by atoms with Gasteiger partial charge in [-0.15, -0.1) is 0 Å². The van der Waals surface area contributed by atoms with Crippen LogP contribution in [0.2, 0.25) is 5.02 Å². The lowest BCUT2D eigenvalue weighted by atomic mass is 9.92. The van der Waals surface area contributed by atoms with Gasteiger partial charge in [-0.05, 0) is 31.2 Å². The van der Waals surface area contributed by atoms with Crippen LogP contribution in [0.15, 0.2) is 28.7 Å². The molecule has 1 aromatic heterocycles. The first-order chi connectivity index (χ1) is 8.66. The molecule has 0 amide bonds. The number of aliphatic hydroxyl groups is 1. The molecule has 7 heteroatoms. The number of benzene rings is 1. The Morgan fingerprint density at radius 3 is 2.47 bits per heavy atom. The van der Waals surface area contributed by atoms with E-state index < -0.39 is 23.6 Å². The molecule has 0 saturated carbocycles. The van der Waals surface area contributed by atoms with Crippen molar-refractivity contribution < 1.29 is 22.7 Å². The minimum atomic E-state index is -4.95. The number of hydrogen-bond acceptors (Lipinski definition) is 3. The minimum Gasteiger partial charge on any atom is -0.458 e. The van der Waals surface area contributed by atoms with E-state index in [9.17, 15) is 18.3 Å². The normalized spacial score (nSPS) is 17.4.